The number of hydrogen-bond acceptors (Lipinski definition) is 4. The molecule has 1 saturated heterocycles. The van der Waals surface area contributed by atoms with Crippen molar-refractivity contribution in [2.45, 2.75) is 57.9 Å². The Kier molecular flexibility index (Phi) is 7.02. The summed E-state index contributed by atoms with van der Waals surface area (Å²) in [7, 11) is 0. The molecule has 1 N–H and O–H groups in total. The highest BCUT2D eigenvalue weighted by atomic mass is 35.5. The Morgan fingerprint density at radius 3 is 2.45 bits per heavy atom. The maximum absolute atomic E-state index is 13.2. The lowest BCUT2D eigenvalue weighted by Gasteiger charge is -2.39. The minimum atomic E-state index is -0.391. The number of carbonyl (C=O) groups is 3. The van der Waals surface area contributed by atoms with E-state index in [1.165, 1.54) is 4.90 Å². The van der Waals surface area contributed by atoms with Crippen molar-refractivity contribution >= 4 is 35.3 Å². The predicted molar refractivity (Wildman–Crippen MR) is 126 cm³/mol. The predicted octanol–water partition coefficient (Wildman–Crippen LogP) is 4.49. The zero-order valence-corrected chi connectivity index (χ0v) is 19.8. The van der Waals surface area contributed by atoms with Crippen LogP contribution in [0.4, 0.5) is 10.6 Å². The molecule has 33 heavy (non-hydrogen) atoms. The monoisotopic (exact) mass is 471 g/mol. The number of imide groups is 1. The summed E-state index contributed by atoms with van der Waals surface area (Å²) < 4.78 is 0. The van der Waals surface area contributed by atoms with Crippen LogP contribution in [0, 0.1) is 0 Å². The van der Waals surface area contributed by atoms with E-state index in [1.54, 1.807) is 4.90 Å². The van der Waals surface area contributed by atoms with Crippen LogP contribution in [0.25, 0.3) is 0 Å². The smallest absolute Gasteiger partial charge is 0.326 e. The number of imidazole rings is 1. The molecule has 0 radical (unpaired) electrons. The zero-order chi connectivity index (χ0) is 23.5. The van der Waals surface area contributed by atoms with Gasteiger partial charge in [-0.05, 0) is 43.4 Å². The van der Waals surface area contributed by atoms with Crippen LogP contribution in [0.15, 0.2) is 30.3 Å². The van der Waals surface area contributed by atoms with Crippen LogP contribution in [0.5, 0.6) is 0 Å². The van der Waals surface area contributed by atoms with Crippen LogP contribution in [0.3, 0.4) is 0 Å². The number of halogens is 1. The number of benzene rings is 1. The second kappa shape index (κ2) is 9.95. The van der Waals surface area contributed by atoms with Crippen LogP contribution in [0.2, 0.25) is 5.28 Å². The van der Waals surface area contributed by atoms with Crippen molar-refractivity contribution in [1.29, 1.82) is 0 Å². The Morgan fingerprint density at radius 1 is 1.03 bits per heavy atom. The molecule has 0 aliphatic carbocycles. The molecule has 2 unspecified atom stereocenters. The molecule has 1 aromatic carbocycles. The Labute approximate surface area is 198 Å². The molecule has 2 aliphatic heterocycles. The van der Waals surface area contributed by atoms with Gasteiger partial charge in [0.05, 0.1) is 17.7 Å². The second-order valence-corrected chi connectivity index (χ2v) is 9.04. The number of H-pyrrole nitrogens is 1. The molecule has 0 saturated carbocycles. The van der Waals surface area contributed by atoms with Gasteiger partial charge in [0.1, 0.15) is 0 Å². The van der Waals surface area contributed by atoms with Gasteiger partial charge in [-0.1, -0.05) is 43.7 Å². The van der Waals surface area contributed by atoms with Crippen molar-refractivity contribution in [1.82, 2.24) is 19.8 Å². The lowest BCUT2D eigenvalue weighted by atomic mass is 9.98. The molecule has 3 heterocycles. The Balaban J connectivity index is 1.36. The van der Waals surface area contributed by atoms with Gasteiger partial charge >= 0.3 is 6.03 Å². The molecule has 2 aliphatic rings. The molecule has 9 heteroatoms. The molecule has 1 aromatic heterocycles. The number of fused-ring (bicyclic) bond motifs is 1. The highest BCUT2D eigenvalue weighted by molar-refractivity contribution is 6.28. The highest BCUT2D eigenvalue weighted by Gasteiger charge is 2.40. The summed E-state index contributed by atoms with van der Waals surface area (Å²) in [5.74, 6) is -0.0321. The standard InChI is InChI=1S/C24H30ClN5O3/c1-3-4-12-30-21-20(26-23(25)27-21)16(2)28(24(30)33)13-8-9-14-29-19(31)15-18(22(29)32)17-10-6-5-7-11-17/h5-7,10-11,16,18H,3-4,8-9,12-15H2,1-2H3,(H,26,27). The van der Waals surface area contributed by atoms with Gasteiger partial charge < -0.3 is 9.88 Å². The van der Waals surface area contributed by atoms with Crippen LogP contribution in [-0.2, 0) is 9.59 Å². The summed E-state index contributed by atoms with van der Waals surface area (Å²) in [5.41, 5.74) is 1.72. The number of hydrogen-bond donors (Lipinski definition) is 1. The van der Waals surface area contributed by atoms with Gasteiger partial charge in [-0.25, -0.2) is 4.79 Å². The topological polar surface area (TPSA) is 89.6 Å². The molecule has 176 valence electrons. The van der Waals surface area contributed by atoms with Crippen LogP contribution >= 0.6 is 11.6 Å². The molecule has 8 nitrogen and oxygen atoms in total. The highest BCUT2D eigenvalue weighted by Crippen LogP contribution is 2.36. The number of likely N-dealkylation sites (tertiary alicyclic amines) is 1. The van der Waals surface area contributed by atoms with Gasteiger partial charge in [-0.15, -0.1) is 0 Å². The first-order chi connectivity index (χ1) is 15.9. The van der Waals surface area contributed by atoms with E-state index in [2.05, 4.69) is 16.9 Å². The first-order valence-corrected chi connectivity index (χ1v) is 12.0. The maximum Gasteiger partial charge on any atom is 0.326 e. The molecule has 2 atom stereocenters. The third kappa shape index (κ3) is 4.62. The summed E-state index contributed by atoms with van der Waals surface area (Å²) in [5, 5.41) is 0.280. The van der Waals surface area contributed by atoms with Crippen molar-refractivity contribution < 1.29 is 14.4 Å². The van der Waals surface area contributed by atoms with E-state index >= 15 is 0 Å². The number of aromatic nitrogens is 2. The molecule has 1 fully saturated rings. The summed E-state index contributed by atoms with van der Waals surface area (Å²) >= 11 is 6.10. The third-order valence-electron chi connectivity index (χ3n) is 6.51. The average molecular weight is 472 g/mol. The largest absolute Gasteiger partial charge is 0.329 e. The fourth-order valence-corrected chi connectivity index (χ4v) is 4.82. The molecule has 4 amide bonds. The van der Waals surface area contributed by atoms with Gasteiger partial charge in [0.15, 0.2) is 5.82 Å². The molecule has 0 spiro atoms. The Hall–Kier alpha value is -2.87. The number of nitrogens with zero attached hydrogens (tertiary/aromatic N) is 4. The number of rotatable bonds is 9. The minimum absolute atomic E-state index is 0.0796. The third-order valence-corrected chi connectivity index (χ3v) is 6.69. The molecular formula is C24H30ClN5O3. The van der Waals surface area contributed by atoms with E-state index in [0.717, 1.165) is 24.1 Å². The summed E-state index contributed by atoms with van der Waals surface area (Å²) in [6, 6.07) is 9.19. The fourth-order valence-electron chi connectivity index (χ4n) is 4.64. The van der Waals surface area contributed by atoms with E-state index in [1.807, 2.05) is 42.2 Å². The number of aromatic amines is 1. The van der Waals surface area contributed by atoms with E-state index in [-0.39, 0.29) is 35.6 Å². The molecular weight excluding hydrogens is 442 g/mol. The van der Waals surface area contributed by atoms with Crippen molar-refractivity contribution in [3.8, 4) is 0 Å². The number of anilines is 1. The first-order valence-electron chi connectivity index (χ1n) is 11.6. The van der Waals surface area contributed by atoms with Crippen molar-refractivity contribution in [3.63, 3.8) is 0 Å². The van der Waals surface area contributed by atoms with Gasteiger partial charge in [-0.2, -0.15) is 4.98 Å². The Morgan fingerprint density at radius 2 is 1.73 bits per heavy atom. The summed E-state index contributed by atoms with van der Waals surface area (Å²) in [6.45, 7) is 5.52. The SMILES string of the molecule is CCCCN1C(=O)N(CCCCN2C(=O)CC(c3ccccc3)C2=O)C(C)c2[nH]c(Cl)nc21. The van der Waals surface area contributed by atoms with Crippen LogP contribution in [0.1, 0.15) is 69.2 Å². The molecule has 0 bridgehead atoms. The molecule has 2 aromatic rings. The minimum Gasteiger partial charge on any atom is -0.329 e. The van der Waals surface area contributed by atoms with Gasteiger partial charge in [0.2, 0.25) is 17.1 Å². The number of amides is 4. The number of carbonyl (C=O) groups excluding carboxylic acids is 3. The van der Waals surface area contributed by atoms with Gasteiger partial charge in [0.25, 0.3) is 0 Å². The van der Waals surface area contributed by atoms with Crippen LogP contribution in [-0.4, -0.2) is 57.2 Å². The van der Waals surface area contributed by atoms with E-state index < -0.39 is 5.92 Å². The number of nitrogens with one attached hydrogen (secondary N) is 1. The van der Waals surface area contributed by atoms with Crippen molar-refractivity contribution in [3.05, 3.63) is 46.9 Å². The van der Waals surface area contributed by atoms with Crippen LogP contribution < -0.4 is 4.90 Å². The summed E-state index contributed by atoms with van der Waals surface area (Å²) in [4.78, 5) is 50.8. The summed E-state index contributed by atoms with van der Waals surface area (Å²) in [6.07, 6.45) is 3.39. The van der Waals surface area contributed by atoms with E-state index in [4.69, 9.17) is 11.6 Å². The van der Waals surface area contributed by atoms with Crippen molar-refractivity contribution in [2.24, 2.45) is 0 Å². The zero-order valence-electron chi connectivity index (χ0n) is 19.1. The number of unbranched alkanes of at least 4 members (excludes halogenated alkanes) is 2. The average Bonchev–Trinajstić information content (AvgIpc) is 3.33. The number of urea groups is 1. The Bertz CT molecular complexity index is 1020. The lowest BCUT2D eigenvalue weighted by molar-refractivity contribution is -0.138. The van der Waals surface area contributed by atoms with E-state index in [0.29, 0.717) is 38.3 Å². The lowest BCUT2D eigenvalue weighted by Crippen LogP contribution is -2.49. The van der Waals surface area contributed by atoms with Gasteiger partial charge in [0, 0.05) is 26.1 Å². The normalized spacial score (nSPS) is 20.7. The maximum atomic E-state index is 13.2. The quantitative estimate of drug-likeness (QED) is 0.431. The molecule has 4 rings (SSSR count). The van der Waals surface area contributed by atoms with Gasteiger partial charge in [-0.3, -0.25) is 19.4 Å². The fraction of sp³-hybridized carbons (Fsp3) is 0.500. The first kappa shape index (κ1) is 23.3. The van der Waals surface area contributed by atoms with E-state index in [9.17, 15) is 14.4 Å². The second-order valence-electron chi connectivity index (χ2n) is 8.68. The van der Waals surface area contributed by atoms with Crippen molar-refractivity contribution in [2.75, 3.05) is 24.5 Å².